The van der Waals surface area contributed by atoms with Crippen LogP contribution in [0.2, 0.25) is 0 Å². The molecule has 0 saturated heterocycles. The summed E-state index contributed by atoms with van der Waals surface area (Å²) >= 11 is 1.10. The Labute approximate surface area is 171 Å². The van der Waals surface area contributed by atoms with E-state index in [2.05, 4.69) is 26.1 Å². The highest BCUT2D eigenvalue weighted by Gasteiger charge is 2.14. The number of methoxy groups -OCH3 is 2. The SMILES string of the molecule is COc1ccc(NC(=O)NCc2nnc(C(=O)Nc3ccc(OC)cc3)s2)cc1. The van der Waals surface area contributed by atoms with Gasteiger partial charge in [-0.2, -0.15) is 0 Å². The van der Waals surface area contributed by atoms with E-state index in [1.165, 1.54) is 0 Å². The lowest BCUT2D eigenvalue weighted by Gasteiger charge is -2.07. The van der Waals surface area contributed by atoms with Gasteiger partial charge in [-0.05, 0) is 48.5 Å². The topological polar surface area (TPSA) is 114 Å². The zero-order valence-electron chi connectivity index (χ0n) is 15.8. The Balaban J connectivity index is 1.49. The molecule has 0 bridgehead atoms. The number of anilines is 2. The molecule has 0 spiro atoms. The summed E-state index contributed by atoms with van der Waals surface area (Å²) in [6.07, 6.45) is 0. The quantitative estimate of drug-likeness (QED) is 0.548. The largest absolute Gasteiger partial charge is 0.497 e. The fourth-order valence-electron chi connectivity index (χ4n) is 2.28. The van der Waals surface area contributed by atoms with Crippen molar-refractivity contribution in [1.82, 2.24) is 15.5 Å². The van der Waals surface area contributed by atoms with Gasteiger partial charge < -0.3 is 25.4 Å². The summed E-state index contributed by atoms with van der Waals surface area (Å²) in [5.74, 6) is 1.02. The Bertz CT molecular complexity index is 973. The number of nitrogens with one attached hydrogen (secondary N) is 3. The molecule has 3 aromatic rings. The average molecular weight is 413 g/mol. The standard InChI is InChI=1S/C19H19N5O4S/c1-27-14-7-3-12(4-8-14)21-17(25)18-24-23-16(29-18)11-20-19(26)22-13-5-9-15(28-2)10-6-13/h3-10H,11H2,1-2H3,(H,21,25)(H2,20,22,26). The van der Waals surface area contributed by atoms with Crippen LogP contribution in [0.1, 0.15) is 14.8 Å². The predicted molar refractivity (Wildman–Crippen MR) is 110 cm³/mol. The molecule has 1 aromatic heterocycles. The van der Waals surface area contributed by atoms with Crippen LogP contribution in [0, 0.1) is 0 Å². The van der Waals surface area contributed by atoms with E-state index in [1.54, 1.807) is 62.8 Å². The van der Waals surface area contributed by atoms with Gasteiger partial charge in [0.05, 0.1) is 20.8 Å². The summed E-state index contributed by atoms with van der Waals surface area (Å²) in [4.78, 5) is 24.3. The lowest BCUT2D eigenvalue weighted by atomic mass is 10.3. The van der Waals surface area contributed by atoms with Crippen molar-refractivity contribution in [1.29, 1.82) is 0 Å². The molecule has 0 aliphatic carbocycles. The molecule has 0 radical (unpaired) electrons. The molecule has 2 aromatic carbocycles. The van der Waals surface area contributed by atoms with E-state index in [9.17, 15) is 9.59 Å². The van der Waals surface area contributed by atoms with E-state index in [-0.39, 0.29) is 17.5 Å². The van der Waals surface area contributed by atoms with Crippen molar-refractivity contribution in [2.24, 2.45) is 0 Å². The van der Waals surface area contributed by atoms with E-state index >= 15 is 0 Å². The number of nitrogens with zero attached hydrogens (tertiary/aromatic N) is 2. The first-order valence-corrected chi connectivity index (χ1v) is 9.35. The van der Waals surface area contributed by atoms with E-state index in [1.807, 2.05) is 0 Å². The summed E-state index contributed by atoms with van der Waals surface area (Å²) in [6, 6.07) is 13.5. The zero-order valence-corrected chi connectivity index (χ0v) is 16.6. The van der Waals surface area contributed by atoms with Crippen LogP contribution < -0.4 is 25.4 Å². The minimum atomic E-state index is -0.394. The van der Waals surface area contributed by atoms with Crippen LogP contribution in [0.15, 0.2) is 48.5 Å². The number of rotatable bonds is 7. The maximum atomic E-state index is 12.3. The summed E-state index contributed by atoms with van der Waals surface area (Å²) in [7, 11) is 3.14. The number of urea groups is 1. The molecular weight excluding hydrogens is 394 g/mol. The molecule has 0 aliphatic rings. The van der Waals surface area contributed by atoms with Gasteiger partial charge in [0.2, 0.25) is 5.01 Å². The molecule has 29 heavy (non-hydrogen) atoms. The predicted octanol–water partition coefficient (Wildman–Crippen LogP) is 3.13. The molecule has 3 rings (SSSR count). The number of carbonyl (C=O) groups excluding carboxylic acids is 2. The highest BCUT2D eigenvalue weighted by Crippen LogP contribution is 2.17. The molecule has 0 unspecified atom stereocenters. The highest BCUT2D eigenvalue weighted by molar-refractivity contribution is 7.13. The van der Waals surface area contributed by atoms with E-state index in [0.29, 0.717) is 27.9 Å². The lowest BCUT2D eigenvalue weighted by molar-refractivity contribution is 0.102. The fourth-order valence-corrected chi connectivity index (χ4v) is 2.96. The monoisotopic (exact) mass is 413 g/mol. The summed E-state index contributed by atoms with van der Waals surface area (Å²) < 4.78 is 10.1. The molecule has 1 heterocycles. The van der Waals surface area contributed by atoms with Gasteiger partial charge in [0.25, 0.3) is 5.91 Å². The van der Waals surface area contributed by atoms with Crippen molar-refractivity contribution < 1.29 is 19.1 Å². The van der Waals surface area contributed by atoms with Gasteiger partial charge >= 0.3 is 6.03 Å². The van der Waals surface area contributed by atoms with Crippen molar-refractivity contribution in [3.63, 3.8) is 0 Å². The third-order valence-electron chi connectivity index (χ3n) is 3.76. The van der Waals surface area contributed by atoms with Crippen LogP contribution in [-0.4, -0.2) is 36.4 Å². The Morgan fingerprint density at radius 2 is 1.41 bits per heavy atom. The number of amides is 3. The van der Waals surface area contributed by atoms with E-state index < -0.39 is 6.03 Å². The number of benzene rings is 2. The Morgan fingerprint density at radius 3 is 1.97 bits per heavy atom. The van der Waals surface area contributed by atoms with Gasteiger partial charge in [-0.15, -0.1) is 10.2 Å². The Hall–Kier alpha value is -3.66. The first-order valence-electron chi connectivity index (χ1n) is 8.54. The van der Waals surface area contributed by atoms with Crippen LogP contribution >= 0.6 is 11.3 Å². The number of hydrogen-bond donors (Lipinski definition) is 3. The normalized spacial score (nSPS) is 10.1. The number of ether oxygens (including phenoxy) is 2. The zero-order chi connectivity index (χ0) is 20.6. The molecule has 0 fully saturated rings. The average Bonchev–Trinajstić information content (AvgIpc) is 3.23. The van der Waals surface area contributed by atoms with Crippen LogP contribution in [0.4, 0.5) is 16.2 Å². The maximum Gasteiger partial charge on any atom is 0.319 e. The third kappa shape index (κ3) is 5.66. The van der Waals surface area contributed by atoms with E-state index in [0.717, 1.165) is 11.3 Å². The first-order chi connectivity index (χ1) is 14.1. The van der Waals surface area contributed by atoms with Crippen LogP contribution in [0.25, 0.3) is 0 Å². The van der Waals surface area contributed by atoms with Gasteiger partial charge in [0.1, 0.15) is 16.5 Å². The van der Waals surface area contributed by atoms with Crippen molar-refractivity contribution in [3.8, 4) is 11.5 Å². The van der Waals surface area contributed by atoms with Gasteiger partial charge in [0.15, 0.2) is 0 Å². The second kappa shape index (κ2) is 9.51. The van der Waals surface area contributed by atoms with Gasteiger partial charge in [0, 0.05) is 11.4 Å². The molecule has 150 valence electrons. The molecule has 0 aliphatic heterocycles. The molecule has 0 saturated carbocycles. The molecule has 0 atom stereocenters. The molecule has 9 nitrogen and oxygen atoms in total. The summed E-state index contributed by atoms with van der Waals surface area (Å²) in [5, 5.41) is 16.6. The number of hydrogen-bond acceptors (Lipinski definition) is 7. The lowest BCUT2D eigenvalue weighted by Crippen LogP contribution is -2.28. The van der Waals surface area contributed by atoms with Gasteiger partial charge in [-0.3, -0.25) is 4.79 Å². The fraction of sp³-hybridized carbons (Fsp3) is 0.158. The number of carbonyl (C=O) groups is 2. The molecule has 10 heteroatoms. The van der Waals surface area contributed by atoms with Crippen molar-refractivity contribution in [2.75, 3.05) is 24.9 Å². The summed E-state index contributed by atoms with van der Waals surface area (Å²) in [6.45, 7) is 0.148. The highest BCUT2D eigenvalue weighted by atomic mass is 32.1. The van der Waals surface area contributed by atoms with Crippen LogP contribution in [0.3, 0.4) is 0 Å². The minimum Gasteiger partial charge on any atom is -0.497 e. The smallest absolute Gasteiger partial charge is 0.319 e. The Morgan fingerprint density at radius 1 is 0.862 bits per heavy atom. The van der Waals surface area contributed by atoms with E-state index in [4.69, 9.17) is 9.47 Å². The van der Waals surface area contributed by atoms with Crippen molar-refractivity contribution >= 4 is 34.6 Å². The summed E-state index contributed by atoms with van der Waals surface area (Å²) in [5.41, 5.74) is 1.24. The van der Waals surface area contributed by atoms with Crippen molar-refractivity contribution in [2.45, 2.75) is 6.54 Å². The molecule has 3 N–H and O–H groups in total. The molecular formula is C19H19N5O4S. The van der Waals surface area contributed by atoms with Crippen LogP contribution in [-0.2, 0) is 6.54 Å². The molecule has 3 amide bonds. The second-order valence-corrected chi connectivity index (χ2v) is 6.78. The van der Waals surface area contributed by atoms with Gasteiger partial charge in [-0.1, -0.05) is 11.3 Å². The first kappa shape index (κ1) is 20.1. The minimum absolute atomic E-state index is 0.148. The van der Waals surface area contributed by atoms with Crippen molar-refractivity contribution in [3.05, 3.63) is 58.5 Å². The Kier molecular flexibility index (Phi) is 6.59. The second-order valence-electron chi connectivity index (χ2n) is 5.72. The van der Waals surface area contributed by atoms with Crippen LogP contribution in [0.5, 0.6) is 11.5 Å². The number of aromatic nitrogens is 2. The maximum absolute atomic E-state index is 12.3. The third-order valence-corrected chi connectivity index (χ3v) is 4.68. The van der Waals surface area contributed by atoms with Gasteiger partial charge in [-0.25, -0.2) is 4.79 Å².